The van der Waals surface area contributed by atoms with Gasteiger partial charge in [0, 0.05) is 24.0 Å². The van der Waals surface area contributed by atoms with Crippen LogP contribution in [0.2, 0.25) is 0 Å². The van der Waals surface area contributed by atoms with Crippen LogP contribution in [0.15, 0.2) is 28.9 Å². The third-order valence-electron chi connectivity index (χ3n) is 3.67. The second-order valence-corrected chi connectivity index (χ2v) is 5.70. The molecule has 0 atom stereocenters. The van der Waals surface area contributed by atoms with Gasteiger partial charge in [0.15, 0.2) is 6.61 Å². The van der Waals surface area contributed by atoms with Gasteiger partial charge in [-0.3, -0.25) is 9.59 Å². The van der Waals surface area contributed by atoms with Crippen molar-refractivity contribution < 1.29 is 18.7 Å². The van der Waals surface area contributed by atoms with Gasteiger partial charge in [-0.25, -0.2) is 0 Å². The van der Waals surface area contributed by atoms with Crippen LogP contribution in [0.5, 0.6) is 0 Å². The van der Waals surface area contributed by atoms with Gasteiger partial charge >= 0.3 is 5.97 Å². The van der Waals surface area contributed by atoms with Crippen LogP contribution in [0, 0.1) is 6.92 Å². The Morgan fingerprint density at radius 2 is 2.05 bits per heavy atom. The second kappa shape index (κ2) is 6.64. The number of carbonyl (C=O) groups is 2. The number of amides is 1. The molecule has 5 heteroatoms. The van der Waals surface area contributed by atoms with Crippen LogP contribution >= 0.6 is 0 Å². The molecule has 2 rings (SSSR count). The van der Waals surface area contributed by atoms with E-state index >= 15 is 0 Å². The lowest BCUT2D eigenvalue weighted by Gasteiger charge is -2.21. The van der Waals surface area contributed by atoms with Gasteiger partial charge in [-0.1, -0.05) is 12.1 Å². The van der Waals surface area contributed by atoms with Crippen molar-refractivity contribution in [3.05, 3.63) is 35.6 Å². The molecule has 0 bridgehead atoms. The Morgan fingerprint density at radius 1 is 1.32 bits per heavy atom. The third-order valence-corrected chi connectivity index (χ3v) is 3.67. The van der Waals surface area contributed by atoms with Gasteiger partial charge < -0.3 is 14.1 Å². The summed E-state index contributed by atoms with van der Waals surface area (Å²) in [5.74, 6) is -0.648. The molecule has 0 aliphatic rings. The van der Waals surface area contributed by atoms with E-state index in [9.17, 15) is 9.59 Å². The molecular weight excluding hydrogens is 282 g/mol. The highest BCUT2D eigenvalue weighted by Crippen LogP contribution is 2.22. The van der Waals surface area contributed by atoms with Crippen LogP contribution in [-0.4, -0.2) is 36.5 Å². The molecule has 5 nitrogen and oxygen atoms in total. The second-order valence-electron chi connectivity index (χ2n) is 5.70. The fraction of sp³-hybridized carbons (Fsp3) is 0.412. The van der Waals surface area contributed by atoms with Gasteiger partial charge in [0.05, 0.1) is 12.7 Å². The van der Waals surface area contributed by atoms with Crippen molar-refractivity contribution >= 4 is 22.8 Å². The van der Waals surface area contributed by atoms with E-state index in [1.807, 2.05) is 39.0 Å². The summed E-state index contributed by atoms with van der Waals surface area (Å²) in [6.45, 7) is 5.55. The largest absolute Gasteiger partial charge is 0.464 e. The lowest BCUT2D eigenvalue weighted by Crippen LogP contribution is -2.36. The molecule has 0 aliphatic carbocycles. The number of rotatable bonds is 5. The topological polar surface area (TPSA) is 59.8 Å². The Kier molecular flexibility index (Phi) is 4.85. The number of esters is 1. The first kappa shape index (κ1) is 16.1. The van der Waals surface area contributed by atoms with E-state index in [4.69, 9.17) is 9.15 Å². The van der Waals surface area contributed by atoms with E-state index in [2.05, 4.69) is 0 Å². The van der Waals surface area contributed by atoms with Crippen LogP contribution in [-0.2, 0) is 20.7 Å². The molecule has 0 saturated carbocycles. The average Bonchev–Trinajstić information content (AvgIpc) is 2.85. The molecule has 22 heavy (non-hydrogen) atoms. The highest BCUT2D eigenvalue weighted by Gasteiger charge is 2.16. The number of hydrogen-bond donors (Lipinski definition) is 0. The quantitative estimate of drug-likeness (QED) is 0.797. The lowest BCUT2D eigenvalue weighted by atomic mass is 10.1. The maximum atomic E-state index is 11.9. The van der Waals surface area contributed by atoms with E-state index < -0.39 is 5.97 Å². The highest BCUT2D eigenvalue weighted by molar-refractivity contribution is 5.87. The number of furan rings is 1. The van der Waals surface area contributed by atoms with Gasteiger partial charge in [-0.05, 0) is 32.4 Å². The first-order chi connectivity index (χ1) is 10.4. The summed E-state index contributed by atoms with van der Waals surface area (Å²) < 4.78 is 10.5. The number of nitrogens with zero attached hydrogens (tertiary/aromatic N) is 1. The molecule has 118 valence electrons. The Morgan fingerprint density at radius 3 is 2.73 bits per heavy atom. The Labute approximate surface area is 129 Å². The molecule has 0 spiro atoms. The molecule has 0 aliphatic heterocycles. The third kappa shape index (κ3) is 3.67. The number of carbonyl (C=O) groups excluding carboxylic acids is 2. The van der Waals surface area contributed by atoms with Gasteiger partial charge in [0.25, 0.3) is 5.91 Å². The zero-order chi connectivity index (χ0) is 16.3. The van der Waals surface area contributed by atoms with Crippen LogP contribution in [0.1, 0.15) is 25.0 Å². The molecule has 0 fully saturated rings. The smallest absolute Gasteiger partial charge is 0.310 e. The van der Waals surface area contributed by atoms with Crippen LogP contribution in [0.3, 0.4) is 0 Å². The number of hydrogen-bond acceptors (Lipinski definition) is 4. The molecular formula is C17H21NO4. The predicted octanol–water partition coefficient (Wildman–Crippen LogP) is 2.69. The summed E-state index contributed by atoms with van der Waals surface area (Å²) in [5.41, 5.74) is 2.61. The van der Waals surface area contributed by atoms with Gasteiger partial charge in [0.2, 0.25) is 0 Å². The van der Waals surface area contributed by atoms with E-state index in [-0.39, 0.29) is 25.0 Å². The van der Waals surface area contributed by atoms with Crippen LogP contribution in [0.4, 0.5) is 0 Å². The zero-order valence-corrected chi connectivity index (χ0v) is 13.4. The summed E-state index contributed by atoms with van der Waals surface area (Å²) >= 11 is 0. The minimum absolute atomic E-state index is 0.0762. The van der Waals surface area contributed by atoms with Crippen LogP contribution in [0.25, 0.3) is 11.0 Å². The average molecular weight is 303 g/mol. The van der Waals surface area contributed by atoms with Crippen molar-refractivity contribution in [2.45, 2.75) is 33.2 Å². The number of fused-ring (bicyclic) bond motifs is 1. The first-order valence-corrected chi connectivity index (χ1v) is 7.26. The van der Waals surface area contributed by atoms with E-state index in [0.717, 1.165) is 22.1 Å². The fourth-order valence-corrected chi connectivity index (χ4v) is 2.07. The first-order valence-electron chi connectivity index (χ1n) is 7.26. The van der Waals surface area contributed by atoms with Gasteiger partial charge in [0.1, 0.15) is 5.58 Å². The minimum Gasteiger partial charge on any atom is -0.464 e. The van der Waals surface area contributed by atoms with Crippen molar-refractivity contribution in [2.75, 3.05) is 13.7 Å². The predicted molar refractivity (Wildman–Crippen MR) is 83.5 cm³/mol. The highest BCUT2D eigenvalue weighted by atomic mass is 16.5. The summed E-state index contributed by atoms with van der Waals surface area (Å²) in [7, 11) is 1.69. The SMILES string of the molecule is Cc1ccc2c(CC(=O)OCC(=O)N(C)C(C)C)coc2c1. The minimum atomic E-state index is -0.436. The van der Waals surface area contributed by atoms with Crippen LogP contribution < -0.4 is 0 Å². The van der Waals surface area contributed by atoms with Gasteiger partial charge in [-0.15, -0.1) is 0 Å². The van der Waals surface area contributed by atoms with E-state index in [1.54, 1.807) is 18.2 Å². The molecule has 1 aromatic carbocycles. The standard InChI is InChI=1S/C17H21NO4/c1-11(2)18(4)16(19)10-22-17(20)8-13-9-21-15-7-12(3)5-6-14(13)15/h5-7,9,11H,8,10H2,1-4H3. The normalized spacial score (nSPS) is 11.0. The Bertz CT molecular complexity index is 687. The van der Waals surface area contributed by atoms with E-state index in [1.165, 1.54) is 0 Å². The number of likely N-dealkylation sites (N-methyl/N-ethyl adjacent to an activating group) is 1. The van der Waals surface area contributed by atoms with Crippen molar-refractivity contribution in [3.8, 4) is 0 Å². The molecule has 0 saturated heterocycles. The number of ether oxygens (including phenoxy) is 1. The van der Waals surface area contributed by atoms with E-state index in [0.29, 0.717) is 0 Å². The molecule has 0 unspecified atom stereocenters. The summed E-state index contributed by atoms with van der Waals surface area (Å²) in [6, 6.07) is 5.89. The van der Waals surface area contributed by atoms with Crippen molar-refractivity contribution in [3.63, 3.8) is 0 Å². The molecule has 1 aromatic heterocycles. The monoisotopic (exact) mass is 303 g/mol. The number of aryl methyl sites for hydroxylation is 1. The van der Waals surface area contributed by atoms with Crippen molar-refractivity contribution in [1.82, 2.24) is 4.90 Å². The van der Waals surface area contributed by atoms with Gasteiger partial charge in [-0.2, -0.15) is 0 Å². The van der Waals surface area contributed by atoms with Crippen molar-refractivity contribution in [1.29, 1.82) is 0 Å². The lowest BCUT2D eigenvalue weighted by molar-refractivity contribution is -0.151. The maximum Gasteiger partial charge on any atom is 0.310 e. The molecule has 0 N–H and O–H groups in total. The molecule has 0 radical (unpaired) electrons. The summed E-state index contributed by atoms with van der Waals surface area (Å²) in [6.07, 6.45) is 1.65. The maximum absolute atomic E-state index is 11.9. The summed E-state index contributed by atoms with van der Waals surface area (Å²) in [4.78, 5) is 25.2. The Balaban J connectivity index is 1.95. The molecule has 2 aromatic rings. The summed E-state index contributed by atoms with van der Waals surface area (Å²) in [5, 5.41) is 0.896. The fourth-order valence-electron chi connectivity index (χ4n) is 2.07. The Hall–Kier alpha value is -2.30. The molecule has 1 amide bonds. The zero-order valence-electron chi connectivity index (χ0n) is 13.4. The van der Waals surface area contributed by atoms with Crippen molar-refractivity contribution in [2.24, 2.45) is 0 Å². The number of benzene rings is 1. The molecule has 1 heterocycles.